The summed E-state index contributed by atoms with van der Waals surface area (Å²) in [5.41, 5.74) is 1.97. The average molecular weight is 442 g/mol. The molecule has 3 N–H and O–H groups in total. The highest BCUT2D eigenvalue weighted by Crippen LogP contribution is 2.27. The molecule has 31 heavy (non-hydrogen) atoms. The van der Waals surface area contributed by atoms with Gasteiger partial charge >= 0.3 is 0 Å². The predicted molar refractivity (Wildman–Crippen MR) is 130 cm³/mol. The third kappa shape index (κ3) is 5.57. The molecule has 0 atom stereocenters. The van der Waals surface area contributed by atoms with Crippen molar-refractivity contribution in [3.8, 4) is 5.75 Å². The molecule has 6 nitrogen and oxygen atoms in total. The fourth-order valence-corrected chi connectivity index (χ4v) is 4.27. The Morgan fingerprint density at radius 1 is 1.03 bits per heavy atom. The average Bonchev–Trinajstić information content (AvgIpc) is 2.73. The Morgan fingerprint density at radius 3 is 2.45 bits per heavy atom. The van der Waals surface area contributed by atoms with Crippen molar-refractivity contribution in [1.29, 1.82) is 0 Å². The third-order valence-electron chi connectivity index (χ3n) is 5.68. The summed E-state index contributed by atoms with van der Waals surface area (Å²) in [4.78, 5) is 11.5. The highest BCUT2D eigenvalue weighted by atomic mass is 35.5. The van der Waals surface area contributed by atoms with E-state index in [0.29, 0.717) is 29.6 Å². The molecule has 7 heteroatoms. The number of benzene rings is 2. The van der Waals surface area contributed by atoms with Crippen LogP contribution < -0.4 is 15.5 Å². The first-order valence-electron chi connectivity index (χ1n) is 10.4. The first kappa shape index (κ1) is 23.1. The van der Waals surface area contributed by atoms with E-state index < -0.39 is 0 Å². The number of halogens is 1. The van der Waals surface area contributed by atoms with Crippen molar-refractivity contribution in [2.75, 3.05) is 24.3 Å². The number of hydrogen-bond acceptors (Lipinski definition) is 6. The van der Waals surface area contributed by atoms with Crippen LogP contribution in [0.5, 0.6) is 5.75 Å². The molecule has 1 aliphatic rings. The largest absolute Gasteiger partial charge is 0.508 e. The molecular formula is C24H32ClN5O. The topological polar surface area (TPSA) is 73.3 Å². The Kier molecular flexibility index (Phi) is 7.57. The molecule has 1 fully saturated rings. The summed E-state index contributed by atoms with van der Waals surface area (Å²) in [6, 6.07) is 14.1. The van der Waals surface area contributed by atoms with Crippen molar-refractivity contribution in [3.63, 3.8) is 0 Å². The maximum absolute atomic E-state index is 9.49. The Hall–Kier alpha value is -2.57. The number of para-hydroxylation sites is 1. The lowest BCUT2D eigenvalue weighted by Crippen LogP contribution is -2.37. The Bertz CT molecular complexity index is 1020. The van der Waals surface area contributed by atoms with Crippen LogP contribution in [0.15, 0.2) is 42.5 Å². The quantitative estimate of drug-likeness (QED) is 0.488. The van der Waals surface area contributed by atoms with Crippen LogP contribution in [0, 0.1) is 0 Å². The predicted octanol–water partition coefficient (Wildman–Crippen LogP) is 5.20. The third-order valence-corrected chi connectivity index (χ3v) is 6.04. The molecule has 1 heterocycles. The maximum atomic E-state index is 9.49. The van der Waals surface area contributed by atoms with Gasteiger partial charge in [0, 0.05) is 43.1 Å². The first-order chi connectivity index (χ1) is 14.5. The summed E-state index contributed by atoms with van der Waals surface area (Å²) in [5.74, 6) is 1.83. The number of phenolic OH excluding ortho intramolecular Hbond substituents is 1. The van der Waals surface area contributed by atoms with E-state index in [9.17, 15) is 5.11 Å². The van der Waals surface area contributed by atoms with Gasteiger partial charge in [-0.25, -0.2) is 4.98 Å². The summed E-state index contributed by atoms with van der Waals surface area (Å²) in [6.45, 7) is 0.710. The van der Waals surface area contributed by atoms with Crippen molar-refractivity contribution in [1.82, 2.24) is 15.3 Å². The van der Waals surface area contributed by atoms with E-state index in [2.05, 4.69) is 16.7 Å². The van der Waals surface area contributed by atoms with Gasteiger partial charge in [-0.1, -0.05) is 37.2 Å². The van der Waals surface area contributed by atoms with Crippen molar-refractivity contribution in [2.24, 2.45) is 0 Å². The molecule has 166 valence electrons. The number of hydrogen-bond donors (Lipinski definition) is 3. The molecule has 1 saturated carbocycles. The second-order valence-corrected chi connectivity index (χ2v) is 8.54. The number of nitrogens with zero attached hydrogens (tertiary/aromatic N) is 3. The van der Waals surface area contributed by atoms with Crippen LogP contribution in [-0.2, 0) is 6.54 Å². The van der Waals surface area contributed by atoms with Gasteiger partial charge in [-0.2, -0.15) is 4.98 Å². The molecule has 0 saturated heterocycles. The lowest BCUT2D eigenvalue weighted by atomic mass is 9.91. The van der Waals surface area contributed by atoms with E-state index in [0.717, 1.165) is 48.0 Å². The zero-order valence-electron chi connectivity index (χ0n) is 17.4. The SMILES string of the molecule is C.CN(C)c1nc(NC2CCC(NCc3ccc(O)cc3Cl)CC2)nc2ccccc12. The Balaban J connectivity index is 0.00000272. The molecule has 2 aromatic carbocycles. The minimum Gasteiger partial charge on any atom is -0.508 e. The number of fused-ring (bicyclic) bond motifs is 1. The number of phenols is 1. The van der Waals surface area contributed by atoms with Gasteiger partial charge in [0.1, 0.15) is 11.6 Å². The van der Waals surface area contributed by atoms with Gasteiger partial charge in [0.05, 0.1) is 5.52 Å². The standard InChI is InChI=1S/C23H28ClN5O.CH4/c1-29(2)22-19-5-3-4-6-21(19)27-23(28-22)26-17-10-8-16(9-11-17)25-14-15-7-12-18(30)13-20(15)24;/h3-7,12-13,16-17,25,30H,8-11,14H2,1-2H3,(H,26,27,28);1H4. The lowest BCUT2D eigenvalue weighted by Gasteiger charge is -2.30. The number of aromatic nitrogens is 2. The van der Waals surface area contributed by atoms with Gasteiger partial charge in [0.2, 0.25) is 5.95 Å². The number of rotatable bonds is 6. The van der Waals surface area contributed by atoms with Crippen molar-refractivity contribution in [3.05, 3.63) is 53.1 Å². The van der Waals surface area contributed by atoms with E-state index in [4.69, 9.17) is 21.6 Å². The minimum absolute atomic E-state index is 0. The highest BCUT2D eigenvalue weighted by molar-refractivity contribution is 6.31. The molecule has 0 amide bonds. The van der Waals surface area contributed by atoms with Gasteiger partial charge in [-0.3, -0.25) is 0 Å². The molecule has 0 spiro atoms. The second-order valence-electron chi connectivity index (χ2n) is 8.13. The summed E-state index contributed by atoms with van der Waals surface area (Å²) in [7, 11) is 4.02. The number of aromatic hydroxyl groups is 1. The fourth-order valence-electron chi connectivity index (χ4n) is 4.02. The second kappa shape index (κ2) is 10.2. The van der Waals surface area contributed by atoms with Gasteiger partial charge in [-0.15, -0.1) is 0 Å². The molecule has 4 rings (SSSR count). The fraction of sp³-hybridized carbons (Fsp3) is 0.417. The molecule has 0 aliphatic heterocycles. The van der Waals surface area contributed by atoms with Crippen LogP contribution >= 0.6 is 11.6 Å². The van der Waals surface area contributed by atoms with Crippen LogP contribution in [-0.4, -0.2) is 41.3 Å². The summed E-state index contributed by atoms with van der Waals surface area (Å²) in [5, 5.41) is 18.3. The van der Waals surface area contributed by atoms with Gasteiger partial charge < -0.3 is 20.6 Å². The monoisotopic (exact) mass is 441 g/mol. The number of nitrogens with one attached hydrogen (secondary N) is 2. The normalized spacial score (nSPS) is 18.4. The first-order valence-corrected chi connectivity index (χ1v) is 10.8. The summed E-state index contributed by atoms with van der Waals surface area (Å²) in [6.07, 6.45) is 4.30. The van der Waals surface area contributed by atoms with Crippen LogP contribution in [0.4, 0.5) is 11.8 Å². The zero-order valence-corrected chi connectivity index (χ0v) is 18.2. The molecule has 0 unspecified atom stereocenters. The maximum Gasteiger partial charge on any atom is 0.225 e. The van der Waals surface area contributed by atoms with Crippen LogP contribution in [0.3, 0.4) is 0 Å². The van der Waals surface area contributed by atoms with E-state index in [1.165, 1.54) is 0 Å². The van der Waals surface area contributed by atoms with E-state index in [1.54, 1.807) is 12.1 Å². The van der Waals surface area contributed by atoms with Gasteiger partial charge in [-0.05, 0) is 55.5 Å². The van der Waals surface area contributed by atoms with E-state index >= 15 is 0 Å². The molecule has 3 aromatic rings. The van der Waals surface area contributed by atoms with E-state index in [-0.39, 0.29) is 13.2 Å². The molecule has 0 bridgehead atoms. The van der Waals surface area contributed by atoms with Crippen molar-refractivity contribution in [2.45, 2.75) is 51.7 Å². The van der Waals surface area contributed by atoms with Crippen LogP contribution in [0.2, 0.25) is 5.02 Å². The van der Waals surface area contributed by atoms with Crippen LogP contribution in [0.25, 0.3) is 10.9 Å². The van der Waals surface area contributed by atoms with E-state index in [1.807, 2.05) is 43.3 Å². The molecule has 0 radical (unpaired) electrons. The van der Waals surface area contributed by atoms with Gasteiger partial charge in [0.15, 0.2) is 0 Å². The number of anilines is 2. The summed E-state index contributed by atoms with van der Waals surface area (Å²) >= 11 is 6.21. The Morgan fingerprint density at radius 2 is 1.74 bits per heavy atom. The van der Waals surface area contributed by atoms with Crippen molar-refractivity contribution >= 4 is 34.3 Å². The molecule has 1 aromatic heterocycles. The highest BCUT2D eigenvalue weighted by Gasteiger charge is 2.22. The van der Waals surface area contributed by atoms with Crippen LogP contribution in [0.1, 0.15) is 38.7 Å². The smallest absolute Gasteiger partial charge is 0.225 e. The van der Waals surface area contributed by atoms with Crippen molar-refractivity contribution < 1.29 is 5.11 Å². The molecular weight excluding hydrogens is 410 g/mol. The zero-order chi connectivity index (χ0) is 21.1. The lowest BCUT2D eigenvalue weighted by molar-refractivity contribution is 0.352. The summed E-state index contributed by atoms with van der Waals surface area (Å²) < 4.78 is 0. The molecule has 1 aliphatic carbocycles. The Labute approximate surface area is 189 Å². The minimum atomic E-state index is 0. The van der Waals surface area contributed by atoms with Gasteiger partial charge in [0.25, 0.3) is 0 Å².